The summed E-state index contributed by atoms with van der Waals surface area (Å²) in [5, 5.41) is 0. The van der Waals surface area contributed by atoms with Crippen molar-refractivity contribution < 1.29 is 19.1 Å². The average molecular weight is 358 g/mol. The topological polar surface area (TPSA) is 66.9 Å². The number of amides is 2. The van der Waals surface area contributed by atoms with Crippen LogP contribution in [0.3, 0.4) is 0 Å². The summed E-state index contributed by atoms with van der Waals surface area (Å²) >= 11 is 0. The maximum absolute atomic E-state index is 13.0. The first-order chi connectivity index (χ1) is 12.4. The summed E-state index contributed by atoms with van der Waals surface area (Å²) in [6.07, 6.45) is 1.77. The molecule has 1 saturated heterocycles. The second-order valence-electron chi connectivity index (χ2n) is 7.25. The molecule has 6 nitrogen and oxygen atoms in total. The minimum absolute atomic E-state index is 0.00273. The maximum atomic E-state index is 13.0. The highest BCUT2D eigenvalue weighted by atomic mass is 16.5. The average Bonchev–Trinajstić information content (AvgIpc) is 3.17. The molecule has 1 unspecified atom stereocenters. The van der Waals surface area contributed by atoms with E-state index in [-0.39, 0.29) is 30.1 Å². The molecule has 0 spiro atoms. The Balaban J connectivity index is 1.95. The quantitative estimate of drug-likeness (QED) is 0.759. The van der Waals surface area contributed by atoms with Gasteiger partial charge in [-0.15, -0.1) is 0 Å². The molecule has 26 heavy (non-hydrogen) atoms. The van der Waals surface area contributed by atoms with E-state index in [4.69, 9.17) is 4.74 Å². The van der Waals surface area contributed by atoms with Crippen molar-refractivity contribution in [3.63, 3.8) is 0 Å². The van der Waals surface area contributed by atoms with E-state index in [0.717, 1.165) is 25.9 Å². The lowest BCUT2D eigenvalue weighted by atomic mass is 10.0. The third-order valence-electron chi connectivity index (χ3n) is 5.01. The Bertz CT molecular complexity index is 723. The third kappa shape index (κ3) is 3.45. The third-order valence-corrected chi connectivity index (χ3v) is 5.01. The van der Waals surface area contributed by atoms with Gasteiger partial charge in [0.25, 0.3) is 5.91 Å². The van der Waals surface area contributed by atoms with Gasteiger partial charge in [-0.05, 0) is 37.0 Å². The van der Waals surface area contributed by atoms with Crippen LogP contribution in [0.15, 0.2) is 18.2 Å². The number of fused-ring (bicyclic) bond motifs is 1. The first-order valence-corrected chi connectivity index (χ1v) is 9.35. The molecule has 0 bridgehead atoms. The van der Waals surface area contributed by atoms with Crippen molar-refractivity contribution in [1.82, 2.24) is 4.90 Å². The van der Waals surface area contributed by atoms with Gasteiger partial charge in [0.15, 0.2) is 11.9 Å². The maximum Gasteiger partial charge on any atom is 0.268 e. The highest BCUT2D eigenvalue weighted by Gasteiger charge is 2.38. The van der Waals surface area contributed by atoms with Crippen molar-refractivity contribution in [1.29, 1.82) is 0 Å². The molecule has 2 amide bonds. The van der Waals surface area contributed by atoms with Crippen LogP contribution in [0.25, 0.3) is 0 Å². The lowest BCUT2D eigenvalue weighted by Gasteiger charge is -2.36. The molecule has 0 radical (unpaired) electrons. The van der Waals surface area contributed by atoms with Gasteiger partial charge in [0.2, 0.25) is 5.91 Å². The molecule has 0 N–H and O–H groups in total. The Morgan fingerprint density at radius 2 is 1.92 bits per heavy atom. The molecule has 1 aromatic rings. The number of ether oxygens (including phenoxy) is 1. The van der Waals surface area contributed by atoms with E-state index in [0.29, 0.717) is 23.4 Å². The second-order valence-corrected chi connectivity index (χ2v) is 7.25. The Hall–Kier alpha value is -2.37. The molecule has 0 aromatic heterocycles. The van der Waals surface area contributed by atoms with E-state index in [1.54, 1.807) is 30.0 Å². The van der Waals surface area contributed by atoms with Crippen molar-refractivity contribution in [3.8, 4) is 5.75 Å². The smallest absolute Gasteiger partial charge is 0.268 e. The highest BCUT2D eigenvalue weighted by molar-refractivity contribution is 6.05. The zero-order valence-corrected chi connectivity index (χ0v) is 15.7. The number of nitrogens with zero attached hydrogens (tertiary/aromatic N) is 2. The zero-order chi connectivity index (χ0) is 18.8. The molecule has 2 aliphatic heterocycles. The first-order valence-electron chi connectivity index (χ1n) is 9.35. The van der Waals surface area contributed by atoms with Gasteiger partial charge in [-0.3, -0.25) is 19.3 Å². The number of anilines is 1. The molecule has 3 rings (SSSR count). The lowest BCUT2D eigenvalue weighted by molar-refractivity contribution is -0.133. The van der Waals surface area contributed by atoms with Gasteiger partial charge in [-0.1, -0.05) is 20.8 Å². The van der Waals surface area contributed by atoms with Crippen LogP contribution in [0, 0.1) is 5.92 Å². The summed E-state index contributed by atoms with van der Waals surface area (Å²) in [4.78, 5) is 41.0. The van der Waals surface area contributed by atoms with Gasteiger partial charge in [0.1, 0.15) is 12.3 Å². The predicted octanol–water partition coefficient (Wildman–Crippen LogP) is 2.65. The van der Waals surface area contributed by atoms with E-state index in [2.05, 4.69) is 0 Å². The molecule has 2 aliphatic rings. The van der Waals surface area contributed by atoms with E-state index < -0.39 is 6.10 Å². The van der Waals surface area contributed by atoms with Crippen molar-refractivity contribution >= 4 is 23.3 Å². The van der Waals surface area contributed by atoms with Crippen LogP contribution in [-0.4, -0.2) is 48.2 Å². The van der Waals surface area contributed by atoms with E-state index in [1.807, 2.05) is 13.8 Å². The molecule has 6 heteroatoms. The number of benzene rings is 1. The molecular weight excluding hydrogens is 332 g/mol. The Morgan fingerprint density at radius 1 is 1.23 bits per heavy atom. The molecule has 1 fully saturated rings. The van der Waals surface area contributed by atoms with E-state index in [1.165, 1.54) is 4.90 Å². The zero-order valence-electron chi connectivity index (χ0n) is 15.7. The normalized spacial score (nSPS) is 19.5. The summed E-state index contributed by atoms with van der Waals surface area (Å²) in [6.45, 7) is 7.11. The number of carbonyl (C=O) groups excluding carboxylic acids is 3. The van der Waals surface area contributed by atoms with Crippen LogP contribution in [0.2, 0.25) is 0 Å². The van der Waals surface area contributed by atoms with Gasteiger partial charge in [0, 0.05) is 25.1 Å². The second kappa shape index (κ2) is 7.48. The van der Waals surface area contributed by atoms with Crippen LogP contribution in [0.5, 0.6) is 5.75 Å². The minimum atomic E-state index is -0.624. The Kier molecular flexibility index (Phi) is 5.30. The predicted molar refractivity (Wildman–Crippen MR) is 98.5 cm³/mol. The molecule has 0 aliphatic carbocycles. The Morgan fingerprint density at radius 3 is 2.54 bits per heavy atom. The number of hydrogen-bond acceptors (Lipinski definition) is 4. The molecule has 140 valence electrons. The summed E-state index contributed by atoms with van der Waals surface area (Å²) in [5.41, 5.74) is 1.04. The van der Waals surface area contributed by atoms with Gasteiger partial charge in [-0.25, -0.2) is 0 Å². The standard InChI is InChI=1S/C20H26N2O4/c1-4-16(23)14-7-8-17-15(11-14)22(20(25)19(26-17)13(2)3)12-18(24)21-9-5-6-10-21/h7-8,11,13,19H,4-6,9-10,12H2,1-3H3. The Labute approximate surface area is 154 Å². The van der Waals surface area contributed by atoms with Crippen LogP contribution < -0.4 is 9.64 Å². The van der Waals surface area contributed by atoms with Crippen LogP contribution in [0.4, 0.5) is 5.69 Å². The fraction of sp³-hybridized carbons (Fsp3) is 0.550. The van der Waals surface area contributed by atoms with Crippen molar-refractivity contribution in [2.75, 3.05) is 24.5 Å². The highest BCUT2D eigenvalue weighted by Crippen LogP contribution is 2.37. The van der Waals surface area contributed by atoms with Crippen LogP contribution in [-0.2, 0) is 9.59 Å². The summed E-state index contributed by atoms with van der Waals surface area (Å²) in [6, 6.07) is 5.12. The van der Waals surface area contributed by atoms with Gasteiger partial charge in [-0.2, -0.15) is 0 Å². The molecular formula is C20H26N2O4. The number of hydrogen-bond donors (Lipinski definition) is 0. The minimum Gasteiger partial charge on any atom is -0.478 e. The van der Waals surface area contributed by atoms with Crippen LogP contribution in [0.1, 0.15) is 50.4 Å². The monoisotopic (exact) mass is 358 g/mol. The fourth-order valence-electron chi connectivity index (χ4n) is 3.45. The molecule has 1 aromatic carbocycles. The van der Waals surface area contributed by atoms with Gasteiger partial charge < -0.3 is 9.64 Å². The van der Waals surface area contributed by atoms with E-state index >= 15 is 0 Å². The first kappa shape index (κ1) is 18.4. The SMILES string of the molecule is CCC(=O)c1ccc2c(c1)N(CC(=O)N1CCCC1)C(=O)C(C(C)C)O2. The summed E-state index contributed by atoms with van der Waals surface area (Å²) in [7, 11) is 0. The van der Waals surface area contributed by atoms with Gasteiger partial charge in [0.05, 0.1) is 5.69 Å². The molecule has 0 saturated carbocycles. The van der Waals surface area contributed by atoms with Crippen molar-refractivity contribution in [2.45, 2.75) is 46.1 Å². The largest absolute Gasteiger partial charge is 0.478 e. The lowest BCUT2D eigenvalue weighted by Crippen LogP contribution is -2.51. The number of carbonyl (C=O) groups is 3. The number of Topliss-reactive ketones (excluding diaryl/α,β-unsaturated/α-hetero) is 1. The number of rotatable bonds is 5. The summed E-state index contributed by atoms with van der Waals surface area (Å²) in [5.74, 6) is 0.249. The summed E-state index contributed by atoms with van der Waals surface area (Å²) < 4.78 is 5.88. The van der Waals surface area contributed by atoms with Crippen molar-refractivity contribution in [3.05, 3.63) is 23.8 Å². The van der Waals surface area contributed by atoms with Gasteiger partial charge >= 0.3 is 0 Å². The van der Waals surface area contributed by atoms with E-state index in [9.17, 15) is 14.4 Å². The van der Waals surface area contributed by atoms with Crippen LogP contribution >= 0.6 is 0 Å². The fourth-order valence-corrected chi connectivity index (χ4v) is 3.45. The number of likely N-dealkylation sites (tertiary alicyclic amines) is 1. The number of ketones is 1. The molecule has 2 heterocycles. The molecule has 1 atom stereocenters. The van der Waals surface area contributed by atoms with Crippen molar-refractivity contribution in [2.24, 2.45) is 5.92 Å².